The van der Waals surface area contributed by atoms with Gasteiger partial charge in [0.1, 0.15) is 0 Å². The predicted molar refractivity (Wildman–Crippen MR) is 65.4 cm³/mol. The van der Waals surface area contributed by atoms with E-state index in [1.807, 2.05) is 25.7 Å². The van der Waals surface area contributed by atoms with Crippen LogP contribution in [0.4, 0.5) is 0 Å². The fraction of sp³-hybridized carbons (Fsp3) is 0.846. The highest BCUT2D eigenvalue weighted by molar-refractivity contribution is 5.80. The van der Waals surface area contributed by atoms with Crippen LogP contribution in [-0.4, -0.2) is 36.0 Å². The zero-order valence-corrected chi connectivity index (χ0v) is 11.2. The van der Waals surface area contributed by atoms with E-state index in [0.29, 0.717) is 19.2 Å². The van der Waals surface area contributed by atoms with E-state index >= 15 is 0 Å². The molecule has 1 rings (SSSR count). The lowest BCUT2D eigenvalue weighted by Gasteiger charge is -2.26. The molecule has 0 aromatic rings. The average Bonchev–Trinajstić information content (AvgIpc) is 3.08. The van der Waals surface area contributed by atoms with Crippen molar-refractivity contribution in [2.75, 3.05) is 13.2 Å². The molecule has 1 unspecified atom stereocenters. The Bertz CT molecular complexity index is 284. The Hall–Kier alpha value is -1.06. The van der Waals surface area contributed by atoms with Crippen molar-refractivity contribution in [2.24, 2.45) is 11.8 Å². The highest BCUT2D eigenvalue weighted by Gasteiger charge is 2.35. The quantitative estimate of drug-likeness (QED) is 0.666. The molecule has 0 N–H and O–H groups in total. The molecule has 17 heavy (non-hydrogen) atoms. The maximum atomic E-state index is 12.0. The minimum Gasteiger partial charge on any atom is -0.466 e. The number of rotatable bonds is 6. The Morgan fingerprint density at radius 1 is 1.29 bits per heavy atom. The van der Waals surface area contributed by atoms with Crippen LogP contribution in [0.2, 0.25) is 0 Å². The molecule has 0 aromatic carbocycles. The van der Waals surface area contributed by atoms with E-state index in [1.54, 1.807) is 6.92 Å². The first kappa shape index (κ1) is 14.0. The molecule has 98 valence electrons. The zero-order chi connectivity index (χ0) is 13.0. The van der Waals surface area contributed by atoms with Gasteiger partial charge >= 0.3 is 5.97 Å². The van der Waals surface area contributed by atoms with Crippen LogP contribution in [0.1, 0.15) is 40.5 Å². The SMILES string of the molecule is CCOC(=O)C(C)CN(C(=O)C(C)C)C1CC1. The van der Waals surface area contributed by atoms with Crippen molar-refractivity contribution in [3.05, 3.63) is 0 Å². The Morgan fingerprint density at radius 3 is 2.29 bits per heavy atom. The smallest absolute Gasteiger partial charge is 0.310 e. The third kappa shape index (κ3) is 4.02. The number of nitrogens with zero attached hydrogens (tertiary/aromatic N) is 1. The van der Waals surface area contributed by atoms with Gasteiger partial charge in [0, 0.05) is 18.5 Å². The van der Waals surface area contributed by atoms with Crippen molar-refractivity contribution < 1.29 is 14.3 Å². The molecule has 1 amide bonds. The maximum Gasteiger partial charge on any atom is 0.310 e. The van der Waals surface area contributed by atoms with Crippen LogP contribution >= 0.6 is 0 Å². The molecule has 0 radical (unpaired) electrons. The molecule has 4 nitrogen and oxygen atoms in total. The molecule has 1 saturated carbocycles. The highest BCUT2D eigenvalue weighted by atomic mass is 16.5. The van der Waals surface area contributed by atoms with Crippen molar-refractivity contribution in [2.45, 2.75) is 46.6 Å². The Labute approximate surface area is 103 Å². The lowest BCUT2D eigenvalue weighted by molar-refractivity contribution is -0.149. The van der Waals surface area contributed by atoms with E-state index in [2.05, 4.69) is 0 Å². The molecule has 0 aromatic heterocycles. The Kier molecular flexibility index (Phi) is 4.97. The maximum absolute atomic E-state index is 12.0. The summed E-state index contributed by atoms with van der Waals surface area (Å²) >= 11 is 0. The van der Waals surface area contributed by atoms with Crippen LogP contribution < -0.4 is 0 Å². The lowest BCUT2D eigenvalue weighted by atomic mass is 10.1. The molecule has 4 heteroatoms. The Balaban J connectivity index is 2.55. The van der Waals surface area contributed by atoms with Gasteiger partial charge in [-0.25, -0.2) is 0 Å². The van der Waals surface area contributed by atoms with Crippen molar-refractivity contribution in [1.29, 1.82) is 0 Å². The number of carbonyl (C=O) groups is 2. The van der Waals surface area contributed by atoms with Gasteiger partial charge in [0.05, 0.1) is 12.5 Å². The molecule has 0 spiro atoms. The van der Waals surface area contributed by atoms with Gasteiger partial charge in [-0.1, -0.05) is 20.8 Å². The third-order valence-electron chi connectivity index (χ3n) is 2.92. The van der Waals surface area contributed by atoms with Gasteiger partial charge in [0.2, 0.25) is 5.91 Å². The molecule has 1 fully saturated rings. The molecule has 1 aliphatic carbocycles. The predicted octanol–water partition coefficient (Wildman–Crippen LogP) is 1.83. The second kappa shape index (κ2) is 6.03. The van der Waals surface area contributed by atoms with Crippen LogP contribution in [0.25, 0.3) is 0 Å². The number of hydrogen-bond donors (Lipinski definition) is 0. The summed E-state index contributed by atoms with van der Waals surface area (Å²) in [5.41, 5.74) is 0. The molecule has 0 aliphatic heterocycles. The van der Waals surface area contributed by atoms with Gasteiger partial charge in [-0.2, -0.15) is 0 Å². The molecule has 1 aliphatic rings. The fourth-order valence-electron chi connectivity index (χ4n) is 1.79. The fourth-order valence-corrected chi connectivity index (χ4v) is 1.79. The summed E-state index contributed by atoms with van der Waals surface area (Å²) in [6.45, 7) is 8.29. The van der Waals surface area contributed by atoms with E-state index < -0.39 is 0 Å². The first-order valence-electron chi connectivity index (χ1n) is 6.44. The summed E-state index contributed by atoms with van der Waals surface area (Å²) in [4.78, 5) is 25.4. The molecule has 0 bridgehead atoms. The van der Waals surface area contributed by atoms with Gasteiger partial charge < -0.3 is 9.64 Å². The van der Waals surface area contributed by atoms with E-state index in [9.17, 15) is 9.59 Å². The van der Waals surface area contributed by atoms with Crippen LogP contribution in [0, 0.1) is 11.8 Å². The number of hydrogen-bond acceptors (Lipinski definition) is 3. The van der Waals surface area contributed by atoms with Crippen molar-refractivity contribution in [3.63, 3.8) is 0 Å². The van der Waals surface area contributed by atoms with Crippen LogP contribution in [0.5, 0.6) is 0 Å². The number of esters is 1. The van der Waals surface area contributed by atoms with Crippen LogP contribution in [0.3, 0.4) is 0 Å². The van der Waals surface area contributed by atoms with E-state index in [4.69, 9.17) is 4.74 Å². The second-order valence-electron chi connectivity index (χ2n) is 5.03. The summed E-state index contributed by atoms with van der Waals surface area (Å²) in [6, 6.07) is 0.349. The summed E-state index contributed by atoms with van der Waals surface area (Å²) in [5.74, 6) is -0.318. The monoisotopic (exact) mass is 241 g/mol. The van der Waals surface area contributed by atoms with Gasteiger partial charge in [-0.05, 0) is 19.8 Å². The second-order valence-corrected chi connectivity index (χ2v) is 5.03. The largest absolute Gasteiger partial charge is 0.466 e. The topological polar surface area (TPSA) is 46.6 Å². The van der Waals surface area contributed by atoms with Gasteiger partial charge in [0.15, 0.2) is 0 Å². The normalized spacial score (nSPS) is 16.8. The third-order valence-corrected chi connectivity index (χ3v) is 2.92. The molecule has 0 saturated heterocycles. The van der Waals surface area contributed by atoms with E-state index in [-0.39, 0.29) is 23.7 Å². The van der Waals surface area contributed by atoms with Crippen LogP contribution in [0.15, 0.2) is 0 Å². The summed E-state index contributed by atoms with van der Waals surface area (Å²) < 4.78 is 4.97. The summed E-state index contributed by atoms with van der Waals surface area (Å²) in [5, 5.41) is 0. The minimum absolute atomic E-state index is 0.00926. The molecule has 0 heterocycles. The highest BCUT2D eigenvalue weighted by Crippen LogP contribution is 2.29. The van der Waals surface area contributed by atoms with Gasteiger partial charge in [0.25, 0.3) is 0 Å². The first-order valence-corrected chi connectivity index (χ1v) is 6.44. The van der Waals surface area contributed by atoms with Crippen molar-refractivity contribution >= 4 is 11.9 Å². The molecular weight excluding hydrogens is 218 g/mol. The summed E-state index contributed by atoms with van der Waals surface area (Å²) in [6.07, 6.45) is 2.13. The van der Waals surface area contributed by atoms with Crippen LogP contribution in [-0.2, 0) is 14.3 Å². The standard InChI is InChI=1S/C13H23NO3/c1-5-17-13(16)10(4)8-14(11-6-7-11)12(15)9(2)3/h9-11H,5-8H2,1-4H3. The van der Waals surface area contributed by atoms with E-state index in [1.165, 1.54) is 0 Å². The summed E-state index contributed by atoms with van der Waals surface area (Å²) in [7, 11) is 0. The first-order chi connectivity index (χ1) is 7.97. The number of ether oxygens (including phenoxy) is 1. The molecular formula is C13H23NO3. The number of carbonyl (C=O) groups excluding carboxylic acids is 2. The minimum atomic E-state index is -0.238. The van der Waals surface area contributed by atoms with E-state index in [0.717, 1.165) is 12.8 Å². The Morgan fingerprint density at radius 2 is 1.88 bits per heavy atom. The number of amides is 1. The average molecular weight is 241 g/mol. The molecule has 1 atom stereocenters. The van der Waals surface area contributed by atoms with Crippen molar-refractivity contribution in [3.8, 4) is 0 Å². The van der Waals surface area contributed by atoms with Gasteiger partial charge in [-0.15, -0.1) is 0 Å². The zero-order valence-electron chi connectivity index (χ0n) is 11.2. The van der Waals surface area contributed by atoms with Gasteiger partial charge in [-0.3, -0.25) is 9.59 Å². The van der Waals surface area contributed by atoms with Crippen molar-refractivity contribution in [1.82, 2.24) is 4.90 Å². The lowest BCUT2D eigenvalue weighted by Crippen LogP contribution is -2.41.